The average molecular weight is 462 g/mol. The van der Waals surface area contributed by atoms with Crippen LogP contribution in [-0.4, -0.2) is 48.0 Å². The smallest absolute Gasteiger partial charge is 0.259 e. The second kappa shape index (κ2) is 9.48. The first kappa shape index (κ1) is 23.2. The molecule has 1 fully saturated rings. The number of aromatic amines is 1. The van der Waals surface area contributed by atoms with E-state index in [1.54, 1.807) is 13.0 Å². The molecule has 9 heteroatoms. The molecule has 0 radical (unpaired) electrons. The average Bonchev–Trinajstić information content (AvgIpc) is 2.79. The van der Waals surface area contributed by atoms with Crippen molar-refractivity contribution in [1.29, 1.82) is 0 Å². The lowest BCUT2D eigenvalue weighted by molar-refractivity contribution is 0.102. The minimum atomic E-state index is -0.387. The fourth-order valence-electron chi connectivity index (χ4n) is 3.98. The van der Waals surface area contributed by atoms with Crippen LogP contribution in [0.1, 0.15) is 38.8 Å². The van der Waals surface area contributed by atoms with Crippen LogP contribution in [0, 0.1) is 13.8 Å². The van der Waals surface area contributed by atoms with Crippen molar-refractivity contribution >= 4 is 34.1 Å². The van der Waals surface area contributed by atoms with Gasteiger partial charge in [0.1, 0.15) is 5.82 Å². The van der Waals surface area contributed by atoms with Gasteiger partial charge in [-0.2, -0.15) is 0 Å². The molecular weight excluding hydrogens is 434 g/mol. The summed E-state index contributed by atoms with van der Waals surface area (Å²) < 4.78 is 5.43. The van der Waals surface area contributed by atoms with Gasteiger partial charge in [-0.1, -0.05) is 0 Å². The summed E-state index contributed by atoms with van der Waals surface area (Å²) in [6.45, 7) is 7.55. The molecule has 0 atom stereocenters. The molecule has 0 aliphatic carbocycles. The van der Waals surface area contributed by atoms with Crippen LogP contribution in [0.3, 0.4) is 0 Å². The maximum absolute atomic E-state index is 13.5. The molecule has 1 aliphatic rings. The van der Waals surface area contributed by atoms with E-state index in [2.05, 4.69) is 15.3 Å². The Bertz CT molecular complexity index is 1370. The van der Waals surface area contributed by atoms with Crippen LogP contribution >= 0.6 is 0 Å². The van der Waals surface area contributed by atoms with Crippen molar-refractivity contribution < 1.29 is 14.3 Å². The van der Waals surface area contributed by atoms with Crippen molar-refractivity contribution in [3.05, 3.63) is 74.8 Å². The van der Waals surface area contributed by atoms with Crippen molar-refractivity contribution in [2.75, 3.05) is 36.5 Å². The standard InChI is InChI=1S/C25H27N5O4/c1-14-9-23(32)28-21-8-15(2)20(12-18(14)21)29-25(33)19-11-17(22(31)10-16(3)26)13-27-24(19)30-4-6-34-7-5-30/h8-13H,4-7,26H2,1-3H3,(H,28,32)(H,29,33). The van der Waals surface area contributed by atoms with Crippen molar-refractivity contribution in [2.24, 2.45) is 5.73 Å². The highest BCUT2D eigenvalue weighted by molar-refractivity contribution is 6.11. The molecule has 3 heterocycles. The molecule has 1 aliphatic heterocycles. The minimum absolute atomic E-state index is 0.175. The van der Waals surface area contributed by atoms with Gasteiger partial charge in [0.2, 0.25) is 5.56 Å². The number of anilines is 2. The number of pyridine rings is 2. The number of benzene rings is 1. The Hall–Kier alpha value is -3.98. The van der Waals surface area contributed by atoms with Gasteiger partial charge < -0.3 is 25.7 Å². The number of ketones is 1. The number of aromatic nitrogens is 2. The zero-order valence-corrected chi connectivity index (χ0v) is 19.4. The number of carbonyl (C=O) groups is 2. The summed E-state index contributed by atoms with van der Waals surface area (Å²) in [7, 11) is 0. The third kappa shape index (κ3) is 4.84. The zero-order chi connectivity index (χ0) is 24.4. The van der Waals surface area contributed by atoms with E-state index in [4.69, 9.17) is 10.5 Å². The number of nitrogens with zero attached hydrogens (tertiary/aromatic N) is 2. The summed E-state index contributed by atoms with van der Waals surface area (Å²) >= 11 is 0. The SMILES string of the molecule is CC(N)=CC(=O)c1cnc(N2CCOCC2)c(C(=O)Nc2cc3c(C)cc(=O)[nH]c3cc2C)c1. The van der Waals surface area contributed by atoms with Gasteiger partial charge in [-0.15, -0.1) is 0 Å². The number of hydrogen-bond acceptors (Lipinski definition) is 7. The molecule has 1 aromatic carbocycles. The number of aryl methyl sites for hydroxylation is 2. The van der Waals surface area contributed by atoms with Crippen LogP contribution in [0.2, 0.25) is 0 Å². The molecule has 4 N–H and O–H groups in total. The number of carbonyl (C=O) groups excluding carboxylic acids is 2. The summed E-state index contributed by atoms with van der Waals surface area (Å²) in [4.78, 5) is 47.1. The molecule has 0 bridgehead atoms. The number of amides is 1. The minimum Gasteiger partial charge on any atom is -0.402 e. The first-order chi connectivity index (χ1) is 16.2. The van der Waals surface area contributed by atoms with Crippen LogP contribution in [0.5, 0.6) is 0 Å². The van der Waals surface area contributed by atoms with Crippen LogP contribution in [0.4, 0.5) is 11.5 Å². The molecule has 176 valence electrons. The predicted octanol–water partition coefficient (Wildman–Crippen LogP) is 2.67. The Morgan fingerprint density at radius 1 is 1.15 bits per heavy atom. The van der Waals surface area contributed by atoms with Crippen molar-refractivity contribution in [3.8, 4) is 0 Å². The zero-order valence-electron chi connectivity index (χ0n) is 19.4. The molecule has 9 nitrogen and oxygen atoms in total. The Morgan fingerprint density at radius 3 is 2.59 bits per heavy atom. The molecule has 3 aromatic rings. The number of nitrogens with one attached hydrogen (secondary N) is 2. The fraction of sp³-hybridized carbons (Fsp3) is 0.280. The summed E-state index contributed by atoms with van der Waals surface area (Å²) in [5.41, 5.74) is 9.31. The van der Waals surface area contributed by atoms with E-state index in [-0.39, 0.29) is 28.4 Å². The second-order valence-corrected chi connectivity index (χ2v) is 8.43. The monoisotopic (exact) mass is 461 g/mol. The first-order valence-corrected chi connectivity index (χ1v) is 11.0. The summed E-state index contributed by atoms with van der Waals surface area (Å²) in [6.07, 6.45) is 2.77. The van der Waals surface area contributed by atoms with Gasteiger partial charge in [-0.3, -0.25) is 14.4 Å². The number of hydrogen-bond donors (Lipinski definition) is 3. The Kier molecular flexibility index (Phi) is 6.47. The normalized spacial score (nSPS) is 14.3. The van der Waals surface area contributed by atoms with Crippen LogP contribution < -0.4 is 21.5 Å². The molecule has 1 amide bonds. The van der Waals surface area contributed by atoms with Gasteiger partial charge in [0, 0.05) is 59.3 Å². The molecular formula is C25H27N5O4. The number of nitrogens with two attached hydrogens (primary N) is 1. The number of rotatable bonds is 5. The lowest BCUT2D eigenvalue weighted by Gasteiger charge is -2.29. The van der Waals surface area contributed by atoms with Crippen LogP contribution in [-0.2, 0) is 4.74 Å². The maximum Gasteiger partial charge on any atom is 0.259 e. The van der Waals surface area contributed by atoms with E-state index in [0.717, 1.165) is 16.5 Å². The van der Waals surface area contributed by atoms with Gasteiger partial charge in [-0.25, -0.2) is 4.98 Å². The van der Waals surface area contributed by atoms with E-state index in [1.165, 1.54) is 18.3 Å². The number of ether oxygens (including phenoxy) is 1. The molecule has 2 aromatic heterocycles. The Morgan fingerprint density at radius 2 is 1.88 bits per heavy atom. The van der Waals surface area contributed by atoms with Gasteiger partial charge >= 0.3 is 0 Å². The topological polar surface area (TPSA) is 130 Å². The molecule has 4 rings (SSSR count). The number of fused-ring (bicyclic) bond motifs is 1. The largest absolute Gasteiger partial charge is 0.402 e. The summed E-state index contributed by atoms with van der Waals surface area (Å²) in [5, 5.41) is 3.80. The van der Waals surface area contributed by atoms with Gasteiger partial charge in [0.25, 0.3) is 5.91 Å². The third-order valence-corrected chi connectivity index (χ3v) is 5.71. The van der Waals surface area contributed by atoms with Crippen LogP contribution in [0.25, 0.3) is 10.9 Å². The lowest BCUT2D eigenvalue weighted by atomic mass is 10.0. The quantitative estimate of drug-likeness (QED) is 0.393. The van der Waals surface area contributed by atoms with E-state index in [1.807, 2.05) is 30.9 Å². The van der Waals surface area contributed by atoms with E-state index in [9.17, 15) is 14.4 Å². The van der Waals surface area contributed by atoms with Gasteiger partial charge in [0.05, 0.1) is 18.8 Å². The van der Waals surface area contributed by atoms with Crippen molar-refractivity contribution in [3.63, 3.8) is 0 Å². The Labute approximate surface area is 196 Å². The van der Waals surface area contributed by atoms with E-state index in [0.29, 0.717) is 49.0 Å². The predicted molar refractivity (Wildman–Crippen MR) is 132 cm³/mol. The van der Waals surface area contributed by atoms with E-state index >= 15 is 0 Å². The highest BCUT2D eigenvalue weighted by Gasteiger charge is 2.23. The molecule has 0 saturated carbocycles. The van der Waals surface area contributed by atoms with Crippen molar-refractivity contribution in [2.45, 2.75) is 20.8 Å². The van der Waals surface area contributed by atoms with Gasteiger partial charge in [-0.05, 0) is 50.1 Å². The third-order valence-electron chi connectivity index (χ3n) is 5.71. The first-order valence-electron chi connectivity index (χ1n) is 11.0. The highest BCUT2D eigenvalue weighted by Crippen LogP contribution is 2.26. The number of morpholine rings is 1. The van der Waals surface area contributed by atoms with Gasteiger partial charge in [0.15, 0.2) is 5.78 Å². The summed E-state index contributed by atoms with van der Waals surface area (Å²) in [6, 6.07) is 6.74. The van der Waals surface area contributed by atoms with Crippen molar-refractivity contribution in [1.82, 2.24) is 9.97 Å². The molecule has 0 unspecified atom stereocenters. The highest BCUT2D eigenvalue weighted by atomic mass is 16.5. The number of H-pyrrole nitrogens is 1. The summed E-state index contributed by atoms with van der Waals surface area (Å²) in [5.74, 6) is -0.220. The Balaban J connectivity index is 1.75. The molecule has 1 saturated heterocycles. The second-order valence-electron chi connectivity index (χ2n) is 8.43. The van der Waals surface area contributed by atoms with Crippen LogP contribution in [0.15, 0.2) is 47.0 Å². The maximum atomic E-state index is 13.5. The van der Waals surface area contributed by atoms with E-state index < -0.39 is 0 Å². The number of allylic oxidation sites excluding steroid dienone is 2. The fourth-order valence-corrected chi connectivity index (χ4v) is 3.98. The molecule has 34 heavy (non-hydrogen) atoms. The molecule has 0 spiro atoms. The lowest BCUT2D eigenvalue weighted by Crippen LogP contribution is -2.38.